The molecule has 0 aliphatic heterocycles. The van der Waals surface area contributed by atoms with E-state index in [1.165, 1.54) is 6.92 Å². The molecule has 4 nitrogen and oxygen atoms in total. The molecule has 0 bridgehead atoms. The van der Waals surface area contributed by atoms with E-state index in [0.717, 1.165) is 0 Å². The van der Waals surface area contributed by atoms with E-state index in [2.05, 4.69) is 4.52 Å². The van der Waals surface area contributed by atoms with E-state index in [1.54, 1.807) is 0 Å². The van der Waals surface area contributed by atoms with Crippen LogP contribution in [0.25, 0.3) is 0 Å². The summed E-state index contributed by atoms with van der Waals surface area (Å²) in [5, 5.41) is 0. The third-order valence-corrected chi connectivity index (χ3v) is 0.892. The van der Waals surface area contributed by atoms with Crippen LogP contribution in [0.3, 0.4) is 0 Å². The van der Waals surface area contributed by atoms with Gasteiger partial charge in [-0.3, -0.25) is 4.52 Å². The van der Waals surface area contributed by atoms with Gasteiger partial charge < -0.3 is 9.79 Å². The zero-order valence-electron chi connectivity index (χ0n) is 3.87. The molecule has 0 unspecified atom stereocenters. The van der Waals surface area contributed by atoms with Gasteiger partial charge in [-0.2, -0.15) is 0 Å². The Hall–Kier alpha value is 0.110. The molecule has 0 heterocycles. The lowest BCUT2D eigenvalue weighted by molar-refractivity contribution is 0.206. The van der Waals surface area contributed by atoms with Crippen molar-refractivity contribution in [1.29, 1.82) is 0 Å². The van der Waals surface area contributed by atoms with Crippen molar-refractivity contribution in [3.05, 3.63) is 0 Å². The minimum atomic E-state index is -4.17. The molecule has 7 heavy (non-hydrogen) atoms. The van der Waals surface area contributed by atoms with Crippen LogP contribution in [-0.4, -0.2) is 16.4 Å². The zero-order chi connectivity index (χ0) is 5.91. The molecule has 0 spiro atoms. The summed E-state index contributed by atoms with van der Waals surface area (Å²) in [6.07, 6.45) is 0. The highest BCUT2D eigenvalue weighted by atomic mass is 31.2. The number of hydrogen-bond donors (Lipinski definition) is 2. The van der Waals surface area contributed by atoms with Crippen LogP contribution in [0.5, 0.6) is 0 Å². The highest BCUT2D eigenvalue weighted by Crippen LogP contribution is 2.34. The molecule has 0 aromatic heterocycles. The lowest BCUT2D eigenvalue weighted by Gasteiger charge is -1.98. The highest BCUT2D eigenvalue weighted by molar-refractivity contribution is 7.46. The van der Waals surface area contributed by atoms with Crippen LogP contribution in [0, 0.1) is 0 Å². The Morgan fingerprint density at radius 3 is 2.14 bits per heavy atom. The van der Waals surface area contributed by atoms with Gasteiger partial charge in [-0.25, -0.2) is 4.57 Å². The maximum atomic E-state index is 9.70. The van der Waals surface area contributed by atoms with Crippen LogP contribution < -0.4 is 0 Å². The molecule has 0 aromatic carbocycles. The van der Waals surface area contributed by atoms with Crippen molar-refractivity contribution >= 4 is 7.82 Å². The van der Waals surface area contributed by atoms with Gasteiger partial charge in [-0.15, -0.1) is 0 Å². The Morgan fingerprint density at radius 2 is 2.14 bits per heavy atom. The maximum Gasteiger partial charge on any atom is 0.469 e. The van der Waals surface area contributed by atoms with Gasteiger partial charge in [0, 0.05) is 0 Å². The largest absolute Gasteiger partial charge is 0.469 e. The van der Waals surface area contributed by atoms with Crippen molar-refractivity contribution < 1.29 is 18.9 Å². The molecule has 0 atom stereocenters. The van der Waals surface area contributed by atoms with Crippen molar-refractivity contribution in [3.8, 4) is 0 Å². The van der Waals surface area contributed by atoms with E-state index in [4.69, 9.17) is 9.79 Å². The average Bonchev–Trinajstić information content (AvgIpc) is 1.30. The SMILES string of the molecule is CCOP(=[18O])([18OH])[18OH]. The summed E-state index contributed by atoms with van der Waals surface area (Å²) in [7, 11) is -4.17. The minimum absolute atomic E-state index is 0.0459. The van der Waals surface area contributed by atoms with Crippen LogP contribution >= 0.6 is 7.82 Å². The van der Waals surface area contributed by atoms with Gasteiger partial charge >= 0.3 is 7.82 Å². The fourth-order valence-corrected chi connectivity index (χ4v) is 0.505. The van der Waals surface area contributed by atoms with Gasteiger partial charge in [0.25, 0.3) is 0 Å². The first-order valence-electron chi connectivity index (χ1n) is 1.76. The molecule has 5 heteroatoms. The summed E-state index contributed by atoms with van der Waals surface area (Å²) in [5.41, 5.74) is 0. The predicted octanol–water partition coefficient (Wildman–Crippen LogP) is 0.116. The first-order chi connectivity index (χ1) is 3.06. The number of hydrogen-bond acceptors (Lipinski definition) is 2. The fraction of sp³-hybridized carbons (Fsp3) is 1.00. The summed E-state index contributed by atoms with van der Waals surface area (Å²) in [4.78, 5) is 15.8. The van der Waals surface area contributed by atoms with Gasteiger partial charge in [-0.05, 0) is 6.92 Å². The summed E-state index contributed by atoms with van der Waals surface area (Å²) in [6.45, 7) is 1.56. The van der Waals surface area contributed by atoms with Crippen LogP contribution in [-0.2, 0) is 9.09 Å². The van der Waals surface area contributed by atoms with E-state index in [-0.39, 0.29) is 6.61 Å². The number of phosphoric acid groups is 1. The van der Waals surface area contributed by atoms with Crippen LogP contribution in [0.1, 0.15) is 6.92 Å². The van der Waals surface area contributed by atoms with E-state index >= 15 is 0 Å². The quantitative estimate of drug-likeness (QED) is 0.413. The number of phosphoric ester groups is 1. The summed E-state index contributed by atoms with van der Waals surface area (Å²) < 4.78 is 13.6. The normalized spacial score (nSPS) is 11.9. The van der Waals surface area contributed by atoms with Crippen LogP contribution in [0.15, 0.2) is 0 Å². The second-order valence-electron chi connectivity index (χ2n) is 0.908. The van der Waals surface area contributed by atoms with Crippen molar-refractivity contribution in [2.75, 3.05) is 6.61 Å². The molecule has 2 N–H and O–H groups in total. The lowest BCUT2D eigenvalue weighted by atomic mass is 10.9. The summed E-state index contributed by atoms with van der Waals surface area (Å²) in [6, 6.07) is 0. The van der Waals surface area contributed by atoms with Gasteiger partial charge in [0.05, 0.1) is 6.61 Å². The second-order valence-corrected chi connectivity index (χ2v) is 2.15. The molecule has 44 valence electrons. The Balaban J connectivity index is 3.36. The van der Waals surface area contributed by atoms with Crippen LogP contribution in [0.2, 0.25) is 0 Å². The third kappa shape index (κ3) is 6.11. The van der Waals surface area contributed by atoms with Gasteiger partial charge in [-0.1, -0.05) is 0 Å². The Bertz CT molecular complexity index is 83.7. The lowest BCUT2D eigenvalue weighted by Crippen LogP contribution is -1.84. The van der Waals surface area contributed by atoms with Gasteiger partial charge in [0.2, 0.25) is 0 Å². The monoisotopic (exact) mass is 132 g/mol. The van der Waals surface area contributed by atoms with E-state index in [1.807, 2.05) is 0 Å². The summed E-state index contributed by atoms with van der Waals surface area (Å²) in [5.74, 6) is 0. The molecule has 0 aliphatic rings. The molecule has 0 amide bonds. The Morgan fingerprint density at radius 1 is 1.71 bits per heavy atom. The van der Waals surface area contributed by atoms with E-state index in [9.17, 15) is 4.57 Å². The van der Waals surface area contributed by atoms with Crippen molar-refractivity contribution in [2.45, 2.75) is 6.92 Å². The highest BCUT2D eigenvalue weighted by Gasteiger charge is 2.10. The van der Waals surface area contributed by atoms with Crippen molar-refractivity contribution in [2.24, 2.45) is 0 Å². The maximum absolute atomic E-state index is 9.70. The number of rotatable bonds is 2. The van der Waals surface area contributed by atoms with E-state index < -0.39 is 7.82 Å². The molecule has 0 rings (SSSR count). The van der Waals surface area contributed by atoms with E-state index in [0.29, 0.717) is 0 Å². The fourth-order valence-electron chi connectivity index (χ4n) is 0.168. The molecule has 0 fully saturated rings. The zero-order valence-corrected chi connectivity index (χ0v) is 4.76. The minimum Gasteiger partial charge on any atom is -0.303 e. The third-order valence-electron chi connectivity index (χ3n) is 0.297. The average molecular weight is 132 g/mol. The van der Waals surface area contributed by atoms with Gasteiger partial charge in [0.15, 0.2) is 0 Å². The first-order valence-corrected chi connectivity index (χ1v) is 3.29. The van der Waals surface area contributed by atoms with Gasteiger partial charge in [0.1, 0.15) is 0 Å². The predicted molar refractivity (Wildman–Crippen MR) is 23.7 cm³/mol. The topological polar surface area (TPSA) is 66.8 Å². The molecular weight excluding hydrogens is 125 g/mol. The molecule has 0 radical (unpaired) electrons. The smallest absolute Gasteiger partial charge is 0.303 e. The van der Waals surface area contributed by atoms with Crippen molar-refractivity contribution in [1.82, 2.24) is 0 Å². The second kappa shape index (κ2) is 2.43. The molecule has 0 aromatic rings. The molecule has 0 aliphatic carbocycles. The first kappa shape index (κ1) is 7.11. The van der Waals surface area contributed by atoms with Crippen LogP contribution in [0.4, 0.5) is 0 Å². The summed E-state index contributed by atoms with van der Waals surface area (Å²) >= 11 is 0. The molecule has 0 saturated heterocycles. The molecule has 0 saturated carbocycles. The standard InChI is InChI=1S/C2H7O4P/c1-2-6-7(3,4)5/h2H2,1H3,(H2,3,4,5)/i3+2,4+2,5+2. The van der Waals surface area contributed by atoms with Crippen molar-refractivity contribution in [3.63, 3.8) is 0 Å². The Kier molecular flexibility index (Phi) is 2.46. The molecular formula is C2H7O4P. The Labute approximate surface area is 41.4 Å².